The van der Waals surface area contributed by atoms with Crippen molar-refractivity contribution in [2.75, 3.05) is 0 Å². The summed E-state index contributed by atoms with van der Waals surface area (Å²) in [6.45, 7) is 4.63. The van der Waals surface area contributed by atoms with Gasteiger partial charge in [-0.1, -0.05) is 74.5 Å². The Labute approximate surface area is 247 Å². The van der Waals surface area contributed by atoms with Crippen molar-refractivity contribution < 1.29 is 4.42 Å². The van der Waals surface area contributed by atoms with E-state index in [9.17, 15) is 4.79 Å². The molecule has 0 saturated heterocycles. The van der Waals surface area contributed by atoms with Crippen molar-refractivity contribution >= 4 is 43.7 Å². The number of hydrogen-bond donors (Lipinski definition) is 0. The van der Waals surface area contributed by atoms with E-state index >= 15 is 0 Å². The lowest BCUT2D eigenvalue weighted by Gasteiger charge is -2.22. The molecule has 4 nitrogen and oxygen atoms in total. The van der Waals surface area contributed by atoms with Gasteiger partial charge >= 0.3 is 0 Å². The fourth-order valence-corrected chi connectivity index (χ4v) is 7.20. The van der Waals surface area contributed by atoms with Crippen LogP contribution < -0.4 is 5.43 Å². The molecule has 43 heavy (non-hydrogen) atoms. The van der Waals surface area contributed by atoms with Gasteiger partial charge < -0.3 is 8.98 Å². The summed E-state index contributed by atoms with van der Waals surface area (Å²) in [6.07, 6.45) is 3.83. The van der Waals surface area contributed by atoms with Gasteiger partial charge in [-0.25, -0.2) is 0 Å². The van der Waals surface area contributed by atoms with Gasteiger partial charge in [0.25, 0.3) is 0 Å². The highest BCUT2D eigenvalue weighted by molar-refractivity contribution is 6.12. The minimum absolute atomic E-state index is 0.0189. The molecule has 5 aromatic carbocycles. The second kappa shape index (κ2) is 8.52. The number of hydrogen-bond acceptors (Lipinski definition) is 3. The van der Waals surface area contributed by atoms with E-state index in [4.69, 9.17) is 4.42 Å². The maximum Gasteiger partial charge on any atom is 0.200 e. The molecule has 1 aliphatic carbocycles. The maximum absolute atomic E-state index is 13.5. The predicted molar refractivity (Wildman–Crippen MR) is 175 cm³/mol. The second-order valence-electron chi connectivity index (χ2n) is 12.0. The van der Waals surface area contributed by atoms with Crippen LogP contribution in [-0.4, -0.2) is 9.55 Å². The third-order valence-electron chi connectivity index (χ3n) is 9.30. The summed E-state index contributed by atoms with van der Waals surface area (Å²) in [7, 11) is 0. The van der Waals surface area contributed by atoms with Crippen LogP contribution in [0.5, 0.6) is 0 Å². The normalized spacial score (nSPS) is 13.6. The first-order valence-electron chi connectivity index (χ1n) is 14.6. The van der Waals surface area contributed by atoms with Crippen LogP contribution in [0.15, 0.2) is 131 Å². The van der Waals surface area contributed by atoms with Crippen molar-refractivity contribution in [2.45, 2.75) is 19.3 Å². The summed E-state index contributed by atoms with van der Waals surface area (Å²) in [5.74, 6) is 0. The zero-order chi connectivity index (χ0) is 28.9. The van der Waals surface area contributed by atoms with Crippen molar-refractivity contribution in [3.8, 4) is 27.9 Å². The lowest BCUT2D eigenvalue weighted by molar-refractivity contribution is 0.660. The van der Waals surface area contributed by atoms with Crippen LogP contribution in [0.2, 0.25) is 0 Å². The maximum atomic E-state index is 13.5. The van der Waals surface area contributed by atoms with Gasteiger partial charge in [0.2, 0.25) is 5.43 Å². The lowest BCUT2D eigenvalue weighted by Crippen LogP contribution is -2.15. The van der Waals surface area contributed by atoms with Crippen LogP contribution in [0.1, 0.15) is 25.0 Å². The number of nitrogens with zero attached hydrogens (tertiary/aromatic N) is 2. The van der Waals surface area contributed by atoms with Crippen molar-refractivity contribution in [2.24, 2.45) is 0 Å². The standard InChI is InChI=1S/C39H26N2O2/c1-39(2)31-12-6-3-10-25(31)28-20-29-26-17-18-40-22-35(26)41(34(29)21-32(28)39)33-13-7-4-9-24(33)23-15-16-37-30(19-23)38(42)27-11-5-8-14-36(27)43-37/h3-22H,1-2H3. The topological polar surface area (TPSA) is 48.0 Å². The minimum Gasteiger partial charge on any atom is -0.456 e. The molecule has 0 radical (unpaired) electrons. The molecule has 0 fully saturated rings. The third-order valence-corrected chi connectivity index (χ3v) is 9.30. The van der Waals surface area contributed by atoms with E-state index in [0.29, 0.717) is 21.9 Å². The lowest BCUT2D eigenvalue weighted by atomic mass is 9.82. The molecule has 4 heteroatoms. The smallest absolute Gasteiger partial charge is 0.200 e. The summed E-state index contributed by atoms with van der Waals surface area (Å²) in [5, 5.41) is 3.53. The summed E-state index contributed by atoms with van der Waals surface area (Å²) >= 11 is 0. The van der Waals surface area contributed by atoms with Crippen molar-refractivity contribution in [1.29, 1.82) is 0 Å². The Kier molecular flexibility index (Phi) is 4.79. The Balaban J connectivity index is 1.33. The number of aromatic nitrogens is 2. The minimum atomic E-state index is -0.117. The summed E-state index contributed by atoms with van der Waals surface area (Å²) in [6, 6.07) is 37.4. The Morgan fingerprint density at radius 2 is 1.40 bits per heavy atom. The Hall–Kier alpha value is -5.48. The van der Waals surface area contributed by atoms with Gasteiger partial charge in [0.1, 0.15) is 11.2 Å². The van der Waals surface area contributed by atoms with Gasteiger partial charge in [0, 0.05) is 27.9 Å². The van der Waals surface area contributed by atoms with Gasteiger partial charge in [0.05, 0.1) is 33.7 Å². The number of para-hydroxylation sites is 2. The van der Waals surface area contributed by atoms with Gasteiger partial charge in [-0.2, -0.15) is 0 Å². The number of fused-ring (bicyclic) bond motifs is 8. The van der Waals surface area contributed by atoms with Crippen LogP contribution in [0.3, 0.4) is 0 Å². The van der Waals surface area contributed by atoms with Gasteiger partial charge in [-0.15, -0.1) is 0 Å². The molecule has 0 spiro atoms. The molecule has 0 saturated carbocycles. The molecule has 204 valence electrons. The Bertz CT molecular complexity index is 2510. The van der Waals surface area contributed by atoms with E-state index in [0.717, 1.165) is 33.2 Å². The molecule has 0 atom stereocenters. The van der Waals surface area contributed by atoms with Crippen LogP contribution in [0, 0.1) is 0 Å². The van der Waals surface area contributed by atoms with E-state index in [2.05, 4.69) is 90.1 Å². The van der Waals surface area contributed by atoms with Crippen LogP contribution in [0.4, 0.5) is 0 Å². The zero-order valence-electron chi connectivity index (χ0n) is 23.8. The molecule has 0 N–H and O–H groups in total. The van der Waals surface area contributed by atoms with E-state index < -0.39 is 0 Å². The van der Waals surface area contributed by atoms with E-state index in [1.54, 1.807) is 0 Å². The van der Waals surface area contributed by atoms with Crippen molar-refractivity contribution in [1.82, 2.24) is 9.55 Å². The molecule has 0 bridgehead atoms. The number of pyridine rings is 1. The molecule has 0 aliphatic heterocycles. The average Bonchev–Trinajstić information content (AvgIpc) is 3.48. The molecular formula is C39H26N2O2. The fraction of sp³-hybridized carbons (Fsp3) is 0.0769. The summed E-state index contributed by atoms with van der Waals surface area (Å²) in [5.41, 5.74) is 11.6. The first-order chi connectivity index (χ1) is 21.0. The fourth-order valence-electron chi connectivity index (χ4n) is 7.20. The average molecular weight is 555 g/mol. The van der Waals surface area contributed by atoms with Gasteiger partial charge in [0.15, 0.2) is 0 Å². The SMILES string of the molecule is CC1(C)c2ccccc2-c2cc3c4ccncc4n(-c4ccccc4-c4ccc5oc6ccccc6c(=O)c5c4)c3cc21. The van der Waals surface area contributed by atoms with Gasteiger partial charge in [-0.3, -0.25) is 9.78 Å². The summed E-state index contributed by atoms with van der Waals surface area (Å²) < 4.78 is 8.44. The number of benzene rings is 5. The molecular weight excluding hydrogens is 528 g/mol. The zero-order valence-corrected chi connectivity index (χ0v) is 23.8. The second-order valence-corrected chi connectivity index (χ2v) is 12.0. The first-order valence-corrected chi connectivity index (χ1v) is 14.6. The van der Waals surface area contributed by atoms with Crippen molar-refractivity contribution in [3.05, 3.63) is 143 Å². The Morgan fingerprint density at radius 1 is 0.628 bits per heavy atom. The quantitative estimate of drug-likeness (QED) is 0.200. The molecule has 3 heterocycles. The van der Waals surface area contributed by atoms with E-state index in [1.807, 2.05) is 54.9 Å². The molecule has 9 rings (SSSR count). The molecule has 0 amide bonds. The van der Waals surface area contributed by atoms with Crippen LogP contribution in [0.25, 0.3) is 71.7 Å². The monoisotopic (exact) mass is 554 g/mol. The highest BCUT2D eigenvalue weighted by Crippen LogP contribution is 2.51. The molecule has 0 unspecified atom stereocenters. The largest absolute Gasteiger partial charge is 0.456 e. The molecule has 1 aliphatic rings. The van der Waals surface area contributed by atoms with Crippen LogP contribution >= 0.6 is 0 Å². The third kappa shape index (κ3) is 3.26. The predicted octanol–water partition coefficient (Wildman–Crippen LogP) is 9.41. The Morgan fingerprint density at radius 3 is 2.30 bits per heavy atom. The van der Waals surface area contributed by atoms with E-state index in [1.165, 1.54) is 27.6 Å². The molecule has 3 aromatic heterocycles. The van der Waals surface area contributed by atoms with E-state index in [-0.39, 0.29) is 10.8 Å². The highest BCUT2D eigenvalue weighted by Gasteiger charge is 2.36. The highest BCUT2D eigenvalue weighted by atomic mass is 16.3. The summed E-state index contributed by atoms with van der Waals surface area (Å²) in [4.78, 5) is 18.1. The van der Waals surface area contributed by atoms with Gasteiger partial charge in [-0.05, 0) is 76.3 Å². The number of rotatable bonds is 2. The first kappa shape index (κ1) is 24.2. The molecule has 8 aromatic rings. The van der Waals surface area contributed by atoms with Crippen molar-refractivity contribution in [3.63, 3.8) is 0 Å². The van der Waals surface area contributed by atoms with Crippen LogP contribution in [-0.2, 0) is 5.41 Å².